The zero-order chi connectivity index (χ0) is 15.3. The van der Waals surface area contributed by atoms with E-state index in [-0.39, 0.29) is 11.5 Å². The van der Waals surface area contributed by atoms with Gasteiger partial charge in [-0.25, -0.2) is 8.42 Å². The van der Waals surface area contributed by atoms with E-state index >= 15 is 0 Å². The molecule has 0 bridgehead atoms. The van der Waals surface area contributed by atoms with E-state index in [0.717, 1.165) is 4.47 Å². The van der Waals surface area contributed by atoms with Crippen molar-refractivity contribution in [3.05, 3.63) is 45.7 Å². The minimum absolute atomic E-state index is 0.202. The summed E-state index contributed by atoms with van der Waals surface area (Å²) in [5.74, 6) is 0.411. The Bertz CT molecular complexity index is 695. The Morgan fingerprint density at radius 1 is 1.24 bits per heavy atom. The fourth-order valence-electron chi connectivity index (χ4n) is 1.85. The van der Waals surface area contributed by atoms with Gasteiger partial charge in [0.2, 0.25) is 0 Å². The summed E-state index contributed by atoms with van der Waals surface area (Å²) in [6.45, 7) is 2.89. The van der Waals surface area contributed by atoms with Gasteiger partial charge >= 0.3 is 0 Å². The minimum Gasteiger partial charge on any atom is -0.311 e. The molecule has 21 heavy (non-hydrogen) atoms. The smallest absolute Gasteiger partial charge is 0.151 e. The first-order valence-electron chi connectivity index (χ1n) is 6.76. The molecule has 2 aromatic rings. The predicted octanol–water partition coefficient (Wildman–Crippen LogP) is 3.70. The number of nitrogens with one attached hydrogen (secondary N) is 1. The Kier molecular flexibility index (Phi) is 5.98. The van der Waals surface area contributed by atoms with Crippen LogP contribution in [0.25, 0.3) is 10.4 Å². The van der Waals surface area contributed by atoms with Crippen LogP contribution in [0.2, 0.25) is 0 Å². The Morgan fingerprint density at radius 2 is 2.05 bits per heavy atom. The second-order valence-electron chi connectivity index (χ2n) is 4.69. The first-order valence-corrected chi connectivity index (χ1v) is 10.2. The number of rotatable bonds is 7. The zero-order valence-corrected chi connectivity index (χ0v) is 15.0. The quantitative estimate of drug-likeness (QED) is 0.736. The van der Waals surface area contributed by atoms with Crippen molar-refractivity contribution in [3.8, 4) is 10.4 Å². The van der Waals surface area contributed by atoms with Gasteiger partial charge in [-0.15, -0.1) is 11.3 Å². The fourth-order valence-corrected chi connectivity index (χ4v) is 3.97. The van der Waals surface area contributed by atoms with E-state index in [9.17, 15) is 8.42 Å². The number of benzene rings is 1. The zero-order valence-electron chi connectivity index (χ0n) is 11.8. The molecule has 0 aliphatic rings. The SMILES string of the molecule is CCS(=O)(=O)CCNCc1ccc(-c2cccc(Br)c2)s1. The van der Waals surface area contributed by atoms with Crippen molar-refractivity contribution in [1.29, 1.82) is 0 Å². The molecule has 0 amide bonds. The van der Waals surface area contributed by atoms with Crippen molar-refractivity contribution in [2.45, 2.75) is 13.5 Å². The van der Waals surface area contributed by atoms with Crippen LogP contribution >= 0.6 is 27.3 Å². The largest absolute Gasteiger partial charge is 0.311 e. The molecule has 1 N–H and O–H groups in total. The van der Waals surface area contributed by atoms with Gasteiger partial charge < -0.3 is 5.32 Å². The maximum atomic E-state index is 11.4. The molecular weight excluding hydrogens is 370 g/mol. The molecule has 0 aliphatic heterocycles. The number of thiophene rings is 1. The fraction of sp³-hybridized carbons (Fsp3) is 0.333. The Labute approximate surface area is 138 Å². The lowest BCUT2D eigenvalue weighted by Crippen LogP contribution is -2.23. The summed E-state index contributed by atoms with van der Waals surface area (Å²) in [6.07, 6.45) is 0. The lowest BCUT2D eigenvalue weighted by Gasteiger charge is -2.03. The topological polar surface area (TPSA) is 46.2 Å². The highest BCUT2D eigenvalue weighted by Gasteiger charge is 2.07. The summed E-state index contributed by atoms with van der Waals surface area (Å²) in [4.78, 5) is 2.42. The summed E-state index contributed by atoms with van der Waals surface area (Å²) in [7, 11) is -2.88. The summed E-state index contributed by atoms with van der Waals surface area (Å²) in [5, 5.41) is 3.19. The molecule has 0 saturated carbocycles. The molecule has 0 atom stereocenters. The molecule has 1 aromatic heterocycles. The first kappa shape index (κ1) is 16.7. The van der Waals surface area contributed by atoms with Gasteiger partial charge in [-0.2, -0.15) is 0 Å². The van der Waals surface area contributed by atoms with E-state index in [4.69, 9.17) is 0 Å². The monoisotopic (exact) mass is 387 g/mol. The second kappa shape index (κ2) is 7.54. The lowest BCUT2D eigenvalue weighted by atomic mass is 10.2. The number of halogens is 1. The van der Waals surface area contributed by atoms with Gasteiger partial charge in [0.25, 0.3) is 0 Å². The Hall–Kier alpha value is -0.690. The summed E-state index contributed by atoms with van der Waals surface area (Å²) in [6, 6.07) is 12.4. The minimum atomic E-state index is -2.88. The highest BCUT2D eigenvalue weighted by molar-refractivity contribution is 9.10. The molecule has 1 aromatic carbocycles. The third kappa shape index (κ3) is 5.21. The van der Waals surface area contributed by atoms with E-state index in [1.165, 1.54) is 15.3 Å². The van der Waals surface area contributed by atoms with Crippen LogP contribution in [0, 0.1) is 0 Å². The molecule has 0 unspecified atom stereocenters. The van der Waals surface area contributed by atoms with Crippen molar-refractivity contribution in [1.82, 2.24) is 5.32 Å². The van der Waals surface area contributed by atoms with Crippen LogP contribution in [-0.4, -0.2) is 26.5 Å². The molecule has 0 fully saturated rings. The average Bonchev–Trinajstić information content (AvgIpc) is 2.93. The van der Waals surface area contributed by atoms with Gasteiger partial charge in [0.15, 0.2) is 9.84 Å². The third-order valence-corrected chi connectivity index (χ3v) is 6.43. The van der Waals surface area contributed by atoms with Gasteiger partial charge in [-0.05, 0) is 29.8 Å². The highest BCUT2D eigenvalue weighted by atomic mass is 79.9. The van der Waals surface area contributed by atoms with Gasteiger partial charge in [0, 0.05) is 33.1 Å². The molecule has 1 heterocycles. The maximum absolute atomic E-state index is 11.4. The number of sulfone groups is 1. The van der Waals surface area contributed by atoms with Gasteiger partial charge in [-0.3, -0.25) is 0 Å². The molecule has 114 valence electrons. The van der Waals surface area contributed by atoms with Crippen molar-refractivity contribution < 1.29 is 8.42 Å². The Balaban J connectivity index is 1.89. The van der Waals surface area contributed by atoms with E-state index in [1.54, 1.807) is 18.3 Å². The van der Waals surface area contributed by atoms with Gasteiger partial charge in [0.1, 0.15) is 0 Å². The van der Waals surface area contributed by atoms with E-state index < -0.39 is 9.84 Å². The van der Waals surface area contributed by atoms with Gasteiger partial charge in [0.05, 0.1) is 5.75 Å². The van der Waals surface area contributed by atoms with Crippen LogP contribution in [0.1, 0.15) is 11.8 Å². The maximum Gasteiger partial charge on any atom is 0.151 e. The molecule has 0 radical (unpaired) electrons. The standard InChI is InChI=1S/C15H18BrNO2S2/c1-2-21(18,19)9-8-17-11-14-6-7-15(20-14)12-4-3-5-13(16)10-12/h3-7,10,17H,2,8-9,11H2,1H3. The van der Waals surface area contributed by atoms with Crippen LogP contribution in [0.15, 0.2) is 40.9 Å². The van der Waals surface area contributed by atoms with E-state index in [1.807, 2.05) is 12.1 Å². The van der Waals surface area contributed by atoms with Crippen molar-refractivity contribution in [2.24, 2.45) is 0 Å². The summed E-state index contributed by atoms with van der Waals surface area (Å²) < 4.78 is 23.8. The van der Waals surface area contributed by atoms with Crippen LogP contribution in [0.5, 0.6) is 0 Å². The highest BCUT2D eigenvalue weighted by Crippen LogP contribution is 2.29. The molecular formula is C15H18BrNO2S2. The Morgan fingerprint density at radius 3 is 2.76 bits per heavy atom. The second-order valence-corrected chi connectivity index (χ2v) is 9.25. The molecule has 6 heteroatoms. The molecule has 3 nitrogen and oxygen atoms in total. The van der Waals surface area contributed by atoms with Crippen molar-refractivity contribution in [2.75, 3.05) is 18.1 Å². The predicted molar refractivity (Wildman–Crippen MR) is 93.5 cm³/mol. The van der Waals surface area contributed by atoms with Gasteiger partial charge in [-0.1, -0.05) is 35.0 Å². The lowest BCUT2D eigenvalue weighted by molar-refractivity contribution is 0.592. The molecule has 0 saturated heterocycles. The number of hydrogen-bond donors (Lipinski definition) is 1. The van der Waals surface area contributed by atoms with Crippen molar-refractivity contribution in [3.63, 3.8) is 0 Å². The first-order chi connectivity index (χ1) is 10.00. The van der Waals surface area contributed by atoms with Crippen LogP contribution < -0.4 is 5.32 Å². The van der Waals surface area contributed by atoms with Crippen molar-refractivity contribution >= 4 is 37.1 Å². The summed E-state index contributed by atoms with van der Waals surface area (Å²) in [5.41, 5.74) is 1.19. The van der Waals surface area contributed by atoms with E-state index in [0.29, 0.717) is 13.1 Å². The molecule has 0 spiro atoms. The summed E-state index contributed by atoms with van der Waals surface area (Å²) >= 11 is 5.20. The van der Waals surface area contributed by atoms with Crippen LogP contribution in [-0.2, 0) is 16.4 Å². The third-order valence-electron chi connectivity index (χ3n) is 3.10. The van der Waals surface area contributed by atoms with Crippen LogP contribution in [0.4, 0.5) is 0 Å². The number of hydrogen-bond acceptors (Lipinski definition) is 4. The normalized spacial score (nSPS) is 11.7. The average molecular weight is 388 g/mol. The van der Waals surface area contributed by atoms with E-state index in [2.05, 4.69) is 45.5 Å². The van der Waals surface area contributed by atoms with Crippen LogP contribution in [0.3, 0.4) is 0 Å². The molecule has 0 aliphatic carbocycles. The molecule has 2 rings (SSSR count).